The molecule has 0 aliphatic heterocycles. The normalized spacial score (nSPS) is 12.8. The summed E-state index contributed by atoms with van der Waals surface area (Å²) in [4.78, 5) is 12.5. The molecule has 0 spiro atoms. The lowest BCUT2D eigenvalue weighted by molar-refractivity contribution is -0.123. The van der Waals surface area contributed by atoms with E-state index in [0.29, 0.717) is 12.8 Å². The Labute approximate surface area is 466 Å². The third kappa shape index (κ3) is 61.7. The summed E-state index contributed by atoms with van der Waals surface area (Å²) < 4.78 is 0. The monoisotopic (exact) mass is 1040 g/mol. The van der Waals surface area contributed by atoms with Crippen LogP contribution < -0.4 is 5.32 Å². The van der Waals surface area contributed by atoms with E-state index >= 15 is 0 Å². The molecule has 0 aromatic rings. The van der Waals surface area contributed by atoms with Gasteiger partial charge in [0.25, 0.3) is 0 Å². The molecule has 0 fully saturated rings. The van der Waals surface area contributed by atoms with E-state index in [1.54, 1.807) is 0 Å². The Morgan fingerprint density at radius 1 is 0.324 bits per heavy atom. The van der Waals surface area contributed by atoms with Gasteiger partial charge in [0.1, 0.15) is 0 Å². The Morgan fingerprint density at radius 3 is 0.811 bits per heavy atom. The van der Waals surface area contributed by atoms with Crippen molar-refractivity contribution in [3.05, 3.63) is 24.3 Å². The van der Waals surface area contributed by atoms with Gasteiger partial charge in [-0.05, 0) is 44.9 Å². The Hall–Kier alpha value is -1.13. The first-order valence-electron chi connectivity index (χ1n) is 34.5. The minimum Gasteiger partial charge on any atom is -0.394 e. The molecule has 74 heavy (non-hydrogen) atoms. The summed E-state index contributed by atoms with van der Waals surface area (Å²) >= 11 is 0. The predicted molar refractivity (Wildman–Crippen MR) is 332 cm³/mol. The van der Waals surface area contributed by atoms with Crippen LogP contribution in [-0.4, -0.2) is 34.9 Å². The highest BCUT2D eigenvalue weighted by Crippen LogP contribution is 2.19. The van der Waals surface area contributed by atoms with Gasteiger partial charge in [0.05, 0.1) is 18.8 Å². The maximum absolute atomic E-state index is 12.5. The first kappa shape index (κ1) is 72.9. The molecule has 2 unspecified atom stereocenters. The average molecular weight is 1040 g/mol. The highest BCUT2D eigenvalue weighted by Gasteiger charge is 2.20. The largest absolute Gasteiger partial charge is 0.394 e. The first-order chi connectivity index (χ1) is 36.7. The molecule has 0 bridgehead atoms. The zero-order chi connectivity index (χ0) is 53.4. The molecule has 4 nitrogen and oxygen atoms in total. The lowest BCUT2D eigenvalue weighted by Gasteiger charge is -2.22. The third-order valence-corrected chi connectivity index (χ3v) is 16.5. The molecule has 1 amide bonds. The van der Waals surface area contributed by atoms with Crippen LogP contribution in [0.25, 0.3) is 0 Å². The lowest BCUT2D eigenvalue weighted by Crippen LogP contribution is -2.45. The van der Waals surface area contributed by atoms with Gasteiger partial charge < -0.3 is 15.5 Å². The fourth-order valence-electron chi connectivity index (χ4n) is 11.2. The number of hydrogen-bond donors (Lipinski definition) is 3. The summed E-state index contributed by atoms with van der Waals surface area (Å²) in [6.45, 7) is 4.41. The van der Waals surface area contributed by atoms with Crippen LogP contribution in [0.4, 0.5) is 0 Å². The van der Waals surface area contributed by atoms with Crippen molar-refractivity contribution in [2.24, 2.45) is 0 Å². The average Bonchev–Trinajstić information content (AvgIpc) is 3.40. The van der Waals surface area contributed by atoms with E-state index in [9.17, 15) is 15.0 Å². The molecule has 0 aromatic carbocycles. The highest BCUT2D eigenvalue weighted by atomic mass is 16.3. The number of carbonyl (C=O) groups excluding carboxylic acids is 1. The molecule has 0 radical (unpaired) electrons. The number of amides is 1. The minimum absolute atomic E-state index is 0.0233. The molecule has 0 aliphatic carbocycles. The van der Waals surface area contributed by atoms with Gasteiger partial charge in [-0.2, -0.15) is 0 Å². The summed E-state index contributed by atoms with van der Waals surface area (Å²) in [5.74, 6) is -0.0233. The molecule has 0 saturated carbocycles. The first-order valence-corrected chi connectivity index (χ1v) is 34.5. The zero-order valence-corrected chi connectivity index (χ0v) is 50.9. The van der Waals surface area contributed by atoms with Crippen LogP contribution in [0.3, 0.4) is 0 Å². The van der Waals surface area contributed by atoms with Crippen molar-refractivity contribution in [3.63, 3.8) is 0 Å². The number of hydrogen-bond acceptors (Lipinski definition) is 3. The van der Waals surface area contributed by atoms with E-state index in [0.717, 1.165) is 32.1 Å². The molecular weight excluding hydrogens is 903 g/mol. The van der Waals surface area contributed by atoms with Crippen molar-refractivity contribution in [2.75, 3.05) is 6.61 Å². The second-order valence-electron chi connectivity index (χ2n) is 24.0. The van der Waals surface area contributed by atoms with Gasteiger partial charge in [-0.15, -0.1) is 0 Å². The van der Waals surface area contributed by atoms with Gasteiger partial charge in [-0.25, -0.2) is 0 Å². The number of carbonyl (C=O) groups is 1. The maximum atomic E-state index is 12.5. The molecule has 0 aromatic heterocycles. The topological polar surface area (TPSA) is 69.6 Å². The number of allylic oxidation sites excluding steroid dienone is 4. The molecule has 0 rings (SSSR count). The summed E-state index contributed by atoms with van der Waals surface area (Å²) in [5.41, 5.74) is 0. The van der Waals surface area contributed by atoms with Crippen LogP contribution >= 0.6 is 0 Å². The summed E-state index contributed by atoms with van der Waals surface area (Å²) in [6, 6.07) is -0.536. The Bertz CT molecular complexity index is 1090. The third-order valence-electron chi connectivity index (χ3n) is 16.5. The number of unbranched alkanes of at least 4 members (excludes halogenated alkanes) is 54. The van der Waals surface area contributed by atoms with E-state index in [1.807, 2.05) is 0 Å². The molecule has 440 valence electrons. The summed E-state index contributed by atoms with van der Waals surface area (Å²) in [5, 5.41) is 23.4. The van der Waals surface area contributed by atoms with E-state index in [2.05, 4.69) is 43.5 Å². The van der Waals surface area contributed by atoms with Crippen LogP contribution in [0.5, 0.6) is 0 Å². The number of nitrogens with one attached hydrogen (secondary N) is 1. The van der Waals surface area contributed by atoms with Gasteiger partial charge in [0.2, 0.25) is 5.91 Å². The maximum Gasteiger partial charge on any atom is 0.220 e. The fourth-order valence-corrected chi connectivity index (χ4v) is 11.2. The van der Waals surface area contributed by atoms with Crippen LogP contribution in [0.2, 0.25) is 0 Å². The minimum atomic E-state index is -0.659. The molecule has 0 heterocycles. The summed E-state index contributed by atoms with van der Waals surface area (Å²) in [7, 11) is 0. The fraction of sp³-hybridized carbons (Fsp3) is 0.929. The smallest absolute Gasteiger partial charge is 0.220 e. The number of aliphatic hydroxyl groups excluding tert-OH is 2. The van der Waals surface area contributed by atoms with E-state index < -0.39 is 12.1 Å². The lowest BCUT2D eigenvalue weighted by atomic mass is 10.0. The highest BCUT2D eigenvalue weighted by molar-refractivity contribution is 5.76. The standard InChI is InChI=1S/C70H137NO3/c1-3-5-7-9-11-13-15-17-19-21-23-25-27-28-29-30-31-32-33-34-35-36-37-38-39-40-41-42-44-46-48-50-52-54-56-58-60-62-64-66-70(74)71-68(67-72)69(73)65-63-61-59-57-55-53-51-49-47-45-43-26-24-22-20-18-16-14-12-10-8-6-4-2/h31-32,34-35,68-69,72-73H,3-30,33,36-67H2,1-2H3,(H,71,74)/b32-31-,35-34-. The molecular formula is C70H137NO3. The van der Waals surface area contributed by atoms with Crippen LogP contribution in [0, 0.1) is 0 Å². The van der Waals surface area contributed by atoms with Crippen molar-refractivity contribution in [1.29, 1.82) is 0 Å². The molecule has 3 N–H and O–H groups in total. The Morgan fingerprint density at radius 2 is 0.554 bits per heavy atom. The van der Waals surface area contributed by atoms with Crippen molar-refractivity contribution in [3.8, 4) is 0 Å². The van der Waals surface area contributed by atoms with Gasteiger partial charge in [0, 0.05) is 6.42 Å². The van der Waals surface area contributed by atoms with Crippen LogP contribution in [-0.2, 0) is 4.79 Å². The SMILES string of the molecule is CCCCCCCCCCCCCCCCC/C=C\C/C=C\CCCCCCCCCCCCCCCCCCCC(=O)NC(CO)C(O)CCCCCCCCCCCCCCCCCCCCCCCCC. The van der Waals surface area contributed by atoms with Crippen LogP contribution in [0.1, 0.15) is 399 Å². The van der Waals surface area contributed by atoms with Crippen LogP contribution in [0.15, 0.2) is 24.3 Å². The summed E-state index contributed by atoms with van der Waals surface area (Å²) in [6.07, 6.45) is 89.5. The van der Waals surface area contributed by atoms with Gasteiger partial charge >= 0.3 is 0 Å². The van der Waals surface area contributed by atoms with E-state index in [-0.39, 0.29) is 12.5 Å². The molecule has 0 aliphatic rings. The van der Waals surface area contributed by atoms with Crippen molar-refractivity contribution in [1.82, 2.24) is 5.32 Å². The predicted octanol–water partition coefficient (Wildman–Crippen LogP) is 23.4. The number of rotatable bonds is 65. The van der Waals surface area contributed by atoms with Gasteiger partial charge in [-0.1, -0.05) is 372 Å². The second-order valence-corrected chi connectivity index (χ2v) is 24.0. The van der Waals surface area contributed by atoms with Crippen molar-refractivity contribution >= 4 is 5.91 Å². The van der Waals surface area contributed by atoms with Crippen molar-refractivity contribution in [2.45, 2.75) is 411 Å². The Balaban J connectivity index is 3.39. The zero-order valence-electron chi connectivity index (χ0n) is 50.9. The number of aliphatic hydroxyl groups is 2. The van der Waals surface area contributed by atoms with E-state index in [1.165, 1.54) is 340 Å². The molecule has 2 atom stereocenters. The second kappa shape index (κ2) is 66.2. The van der Waals surface area contributed by atoms with Gasteiger partial charge in [-0.3, -0.25) is 4.79 Å². The molecule has 0 saturated heterocycles. The quantitative estimate of drug-likeness (QED) is 0.0420. The molecule has 4 heteroatoms. The van der Waals surface area contributed by atoms with E-state index in [4.69, 9.17) is 0 Å². The van der Waals surface area contributed by atoms with Gasteiger partial charge in [0.15, 0.2) is 0 Å². The Kier molecular flexibility index (Phi) is 65.1. The van der Waals surface area contributed by atoms with Crippen molar-refractivity contribution < 1.29 is 15.0 Å².